The first kappa shape index (κ1) is 15.2. The highest BCUT2D eigenvalue weighted by atomic mass is 32.2. The van der Waals surface area contributed by atoms with Crippen LogP contribution < -0.4 is 5.32 Å². The van der Waals surface area contributed by atoms with E-state index in [9.17, 15) is 4.79 Å². The number of thioether (sulfide) groups is 1. The predicted octanol–water partition coefficient (Wildman–Crippen LogP) is 3.62. The van der Waals surface area contributed by atoms with Crippen LogP contribution in [-0.4, -0.2) is 21.8 Å². The minimum Gasteiger partial charge on any atom is -0.343 e. The Morgan fingerprint density at radius 2 is 1.65 bits per heavy atom. The molecule has 0 spiro atoms. The summed E-state index contributed by atoms with van der Waals surface area (Å²) < 4.78 is 0. The van der Waals surface area contributed by atoms with Crippen LogP contribution in [0.15, 0.2) is 78.1 Å². The van der Waals surface area contributed by atoms with Crippen molar-refractivity contribution < 1.29 is 4.79 Å². The Labute approximate surface area is 139 Å². The molecule has 0 unspecified atom stereocenters. The van der Waals surface area contributed by atoms with Gasteiger partial charge in [0, 0.05) is 17.3 Å². The van der Waals surface area contributed by atoms with Gasteiger partial charge in [-0.1, -0.05) is 60.3 Å². The van der Waals surface area contributed by atoms with Gasteiger partial charge in [0.1, 0.15) is 0 Å². The van der Waals surface area contributed by atoms with Crippen LogP contribution in [-0.2, 0) is 0 Å². The fourth-order valence-electron chi connectivity index (χ4n) is 2.04. The number of aromatic nitrogens is 2. The molecule has 0 radical (unpaired) electrons. The second kappa shape index (κ2) is 7.56. The Kier molecular flexibility index (Phi) is 5.01. The van der Waals surface area contributed by atoms with E-state index < -0.39 is 0 Å². The highest BCUT2D eigenvalue weighted by Crippen LogP contribution is 2.19. The molecule has 0 bridgehead atoms. The summed E-state index contributed by atoms with van der Waals surface area (Å²) in [7, 11) is 0. The summed E-state index contributed by atoms with van der Waals surface area (Å²) in [6, 6.07) is 21.0. The lowest BCUT2D eigenvalue weighted by Crippen LogP contribution is -2.22. The third kappa shape index (κ3) is 4.17. The molecule has 5 heteroatoms. The Morgan fingerprint density at radius 1 is 0.957 bits per heavy atom. The van der Waals surface area contributed by atoms with Crippen LogP contribution >= 0.6 is 11.8 Å². The zero-order valence-electron chi connectivity index (χ0n) is 12.3. The largest absolute Gasteiger partial charge is 0.343 e. The standard InChI is InChI=1S/C18H15N3OS/c22-17(15-9-5-2-6-10-15)20-13-23-18-19-12-11-16(21-18)14-7-3-1-4-8-14/h1-12H,13H2,(H,20,22). The van der Waals surface area contributed by atoms with Gasteiger partial charge in [0.05, 0.1) is 11.6 Å². The molecule has 1 N–H and O–H groups in total. The molecule has 114 valence electrons. The van der Waals surface area contributed by atoms with Gasteiger partial charge in [0.15, 0.2) is 5.16 Å². The smallest absolute Gasteiger partial charge is 0.251 e. The number of carbonyl (C=O) groups is 1. The van der Waals surface area contributed by atoms with Crippen molar-refractivity contribution >= 4 is 17.7 Å². The lowest BCUT2D eigenvalue weighted by atomic mass is 10.1. The number of benzene rings is 2. The first-order valence-corrected chi connectivity index (χ1v) is 8.16. The van der Waals surface area contributed by atoms with Crippen molar-refractivity contribution in [1.29, 1.82) is 0 Å². The van der Waals surface area contributed by atoms with Crippen molar-refractivity contribution in [2.24, 2.45) is 0 Å². The minimum absolute atomic E-state index is 0.0997. The maximum atomic E-state index is 12.0. The van der Waals surface area contributed by atoms with E-state index in [1.54, 1.807) is 18.3 Å². The highest BCUT2D eigenvalue weighted by molar-refractivity contribution is 7.99. The first-order chi connectivity index (χ1) is 11.3. The summed E-state index contributed by atoms with van der Waals surface area (Å²) in [5, 5.41) is 3.49. The number of amides is 1. The monoisotopic (exact) mass is 321 g/mol. The second-order valence-electron chi connectivity index (χ2n) is 4.75. The number of nitrogens with zero attached hydrogens (tertiary/aromatic N) is 2. The number of nitrogens with one attached hydrogen (secondary N) is 1. The van der Waals surface area contributed by atoms with Crippen LogP contribution in [0.25, 0.3) is 11.3 Å². The molecule has 1 amide bonds. The molecular formula is C18H15N3OS. The number of hydrogen-bond acceptors (Lipinski definition) is 4. The first-order valence-electron chi connectivity index (χ1n) is 7.17. The van der Waals surface area contributed by atoms with Gasteiger partial charge in [0.2, 0.25) is 0 Å². The molecule has 0 atom stereocenters. The van der Waals surface area contributed by atoms with Gasteiger partial charge in [-0.2, -0.15) is 0 Å². The summed E-state index contributed by atoms with van der Waals surface area (Å²) in [5.41, 5.74) is 2.56. The van der Waals surface area contributed by atoms with E-state index in [0.717, 1.165) is 11.3 Å². The van der Waals surface area contributed by atoms with Gasteiger partial charge in [-0.05, 0) is 18.2 Å². The third-order valence-electron chi connectivity index (χ3n) is 3.17. The minimum atomic E-state index is -0.0997. The number of hydrogen-bond donors (Lipinski definition) is 1. The van der Waals surface area contributed by atoms with Crippen molar-refractivity contribution in [3.8, 4) is 11.3 Å². The van der Waals surface area contributed by atoms with E-state index in [2.05, 4.69) is 15.3 Å². The van der Waals surface area contributed by atoms with Gasteiger partial charge >= 0.3 is 0 Å². The van der Waals surface area contributed by atoms with Crippen LogP contribution in [0.5, 0.6) is 0 Å². The topological polar surface area (TPSA) is 54.9 Å². The fraction of sp³-hybridized carbons (Fsp3) is 0.0556. The van der Waals surface area contributed by atoms with Gasteiger partial charge < -0.3 is 5.32 Å². The number of rotatable bonds is 5. The molecule has 3 rings (SSSR count). The molecule has 2 aromatic carbocycles. The Balaban J connectivity index is 1.60. The fourth-order valence-corrected chi connectivity index (χ4v) is 2.67. The average Bonchev–Trinajstić information content (AvgIpc) is 2.63. The van der Waals surface area contributed by atoms with Gasteiger partial charge in [-0.15, -0.1) is 0 Å². The average molecular weight is 321 g/mol. The molecule has 0 fully saturated rings. The van der Waals surface area contributed by atoms with E-state index in [4.69, 9.17) is 0 Å². The van der Waals surface area contributed by atoms with Crippen molar-refractivity contribution in [3.63, 3.8) is 0 Å². The van der Waals surface area contributed by atoms with E-state index >= 15 is 0 Å². The molecule has 1 aromatic heterocycles. The summed E-state index contributed by atoms with van der Waals surface area (Å²) >= 11 is 1.40. The van der Waals surface area contributed by atoms with Crippen LogP contribution in [0.3, 0.4) is 0 Å². The summed E-state index contributed by atoms with van der Waals surface area (Å²) in [6.07, 6.45) is 1.73. The lowest BCUT2D eigenvalue weighted by molar-refractivity contribution is 0.0961. The third-order valence-corrected chi connectivity index (χ3v) is 3.92. The molecule has 0 saturated heterocycles. The zero-order valence-corrected chi connectivity index (χ0v) is 13.2. The quantitative estimate of drug-likeness (QED) is 0.443. The van der Waals surface area contributed by atoms with Gasteiger partial charge in [-0.3, -0.25) is 4.79 Å². The molecule has 0 aliphatic rings. The molecule has 23 heavy (non-hydrogen) atoms. The molecule has 0 aliphatic heterocycles. The summed E-state index contributed by atoms with van der Waals surface area (Å²) in [5.74, 6) is 0.323. The summed E-state index contributed by atoms with van der Waals surface area (Å²) in [4.78, 5) is 20.7. The van der Waals surface area contributed by atoms with E-state index in [0.29, 0.717) is 16.6 Å². The molecule has 4 nitrogen and oxygen atoms in total. The van der Waals surface area contributed by atoms with Crippen LogP contribution in [0.2, 0.25) is 0 Å². The molecule has 3 aromatic rings. The maximum absolute atomic E-state index is 12.0. The van der Waals surface area contributed by atoms with Crippen molar-refractivity contribution in [2.75, 3.05) is 5.88 Å². The molecular weight excluding hydrogens is 306 g/mol. The van der Waals surface area contributed by atoms with E-state index in [1.165, 1.54) is 11.8 Å². The van der Waals surface area contributed by atoms with Crippen LogP contribution in [0, 0.1) is 0 Å². The molecule has 1 heterocycles. The maximum Gasteiger partial charge on any atom is 0.251 e. The second-order valence-corrected chi connectivity index (χ2v) is 5.69. The van der Waals surface area contributed by atoms with Crippen molar-refractivity contribution in [3.05, 3.63) is 78.5 Å². The Bertz CT molecular complexity index is 779. The molecule has 0 saturated carbocycles. The Hall–Kier alpha value is -2.66. The normalized spacial score (nSPS) is 10.3. The zero-order chi connectivity index (χ0) is 15.9. The highest BCUT2D eigenvalue weighted by Gasteiger charge is 2.06. The van der Waals surface area contributed by atoms with Gasteiger partial charge in [-0.25, -0.2) is 9.97 Å². The van der Waals surface area contributed by atoms with Crippen molar-refractivity contribution in [2.45, 2.75) is 5.16 Å². The van der Waals surface area contributed by atoms with Gasteiger partial charge in [0.25, 0.3) is 5.91 Å². The van der Waals surface area contributed by atoms with E-state index in [-0.39, 0.29) is 5.91 Å². The Morgan fingerprint density at radius 3 is 2.39 bits per heavy atom. The summed E-state index contributed by atoms with van der Waals surface area (Å²) in [6.45, 7) is 0. The SMILES string of the molecule is O=C(NCSc1nccc(-c2ccccc2)n1)c1ccccc1. The van der Waals surface area contributed by atoms with Crippen LogP contribution in [0.4, 0.5) is 0 Å². The number of carbonyl (C=O) groups excluding carboxylic acids is 1. The lowest BCUT2D eigenvalue weighted by Gasteiger charge is -2.05. The molecule has 0 aliphatic carbocycles. The van der Waals surface area contributed by atoms with E-state index in [1.807, 2.05) is 54.6 Å². The van der Waals surface area contributed by atoms with Crippen molar-refractivity contribution in [1.82, 2.24) is 15.3 Å². The predicted molar refractivity (Wildman–Crippen MR) is 92.1 cm³/mol. The van der Waals surface area contributed by atoms with Crippen LogP contribution in [0.1, 0.15) is 10.4 Å².